The highest BCUT2D eigenvalue weighted by Crippen LogP contribution is 2.02. The third-order valence-corrected chi connectivity index (χ3v) is 1.05. The van der Waals surface area contributed by atoms with E-state index in [1.807, 2.05) is 13.8 Å². The van der Waals surface area contributed by atoms with Gasteiger partial charge in [-0.1, -0.05) is 13.3 Å². The maximum Gasteiger partial charge on any atom is 0.169 e. The monoisotopic (exact) mass is 149 g/mol. The van der Waals surface area contributed by atoms with Crippen LogP contribution in [0.3, 0.4) is 0 Å². The van der Waals surface area contributed by atoms with Gasteiger partial charge in [-0.25, -0.2) is 0 Å². The molecule has 4 nitrogen and oxygen atoms in total. The minimum Gasteiger partial charge on any atom is -0.348 e. The van der Waals surface area contributed by atoms with Crippen molar-refractivity contribution in [3.8, 4) is 0 Å². The molecule has 0 saturated heterocycles. The van der Waals surface area contributed by atoms with Gasteiger partial charge in [0.2, 0.25) is 0 Å². The lowest BCUT2D eigenvalue weighted by atomic mass is 10.2. The zero-order valence-corrected chi connectivity index (χ0v) is 6.89. The summed E-state index contributed by atoms with van der Waals surface area (Å²) in [5, 5.41) is 0. The summed E-state index contributed by atoms with van der Waals surface area (Å²) in [6.07, 6.45) is 1.66. The molecule has 0 aliphatic carbocycles. The number of nitrogens with two attached hydrogens (primary N) is 2. The largest absolute Gasteiger partial charge is 0.348 e. The van der Waals surface area contributed by atoms with Gasteiger partial charge < -0.3 is 10.9 Å². The number of hydrogen-bond acceptors (Lipinski definition) is 4. The quantitative estimate of drug-likeness (QED) is 0.509. The van der Waals surface area contributed by atoms with Crippen molar-refractivity contribution in [1.82, 2.24) is 6.15 Å². The Morgan fingerprint density at radius 3 is 2.10 bits per heavy atom. The highest BCUT2D eigenvalue weighted by molar-refractivity contribution is 4.61. The van der Waals surface area contributed by atoms with Crippen LogP contribution < -0.4 is 17.6 Å². The molecule has 0 aromatic heterocycles. The molecule has 64 valence electrons. The molecular weight excluding hydrogens is 130 g/mol. The third kappa shape index (κ3) is 5.97. The third-order valence-electron chi connectivity index (χ3n) is 1.05. The van der Waals surface area contributed by atoms with Crippen LogP contribution in [0.1, 0.15) is 26.7 Å². The number of hydrogen-bond donors (Lipinski definition) is 3. The summed E-state index contributed by atoms with van der Waals surface area (Å²) in [6, 6.07) is 0. The molecule has 4 heteroatoms. The van der Waals surface area contributed by atoms with E-state index in [9.17, 15) is 0 Å². The predicted molar refractivity (Wildman–Crippen MR) is 42.7 cm³/mol. The topological polar surface area (TPSA) is 96.3 Å². The van der Waals surface area contributed by atoms with E-state index in [1.165, 1.54) is 0 Å². The van der Waals surface area contributed by atoms with Crippen LogP contribution in [0.5, 0.6) is 0 Å². The molecular formula is C6H19N3O. The van der Waals surface area contributed by atoms with E-state index in [0.29, 0.717) is 13.0 Å². The Morgan fingerprint density at radius 1 is 1.30 bits per heavy atom. The van der Waals surface area contributed by atoms with E-state index in [1.54, 1.807) is 0 Å². The first-order valence-corrected chi connectivity index (χ1v) is 3.34. The SMILES string of the molecule is CCCC(N)(N)OCC.N. The molecule has 10 heavy (non-hydrogen) atoms. The maximum absolute atomic E-state index is 5.49. The molecule has 0 amide bonds. The van der Waals surface area contributed by atoms with Gasteiger partial charge in [-0.3, -0.25) is 11.5 Å². The molecule has 0 aromatic carbocycles. The number of ether oxygens (including phenoxy) is 1. The summed E-state index contributed by atoms with van der Waals surface area (Å²) in [6.45, 7) is 4.48. The van der Waals surface area contributed by atoms with Crippen LogP contribution in [0, 0.1) is 0 Å². The lowest BCUT2D eigenvalue weighted by Crippen LogP contribution is -2.51. The van der Waals surface area contributed by atoms with Crippen molar-refractivity contribution >= 4 is 0 Å². The summed E-state index contributed by atoms with van der Waals surface area (Å²) in [7, 11) is 0. The second kappa shape index (κ2) is 5.61. The Labute approximate surface area is 62.5 Å². The van der Waals surface area contributed by atoms with E-state index in [0.717, 1.165) is 6.42 Å². The van der Waals surface area contributed by atoms with Crippen LogP contribution >= 0.6 is 0 Å². The van der Waals surface area contributed by atoms with Crippen molar-refractivity contribution in [2.24, 2.45) is 11.5 Å². The van der Waals surface area contributed by atoms with Gasteiger partial charge in [0.1, 0.15) is 0 Å². The smallest absolute Gasteiger partial charge is 0.169 e. The van der Waals surface area contributed by atoms with Crippen LogP contribution in [-0.2, 0) is 4.74 Å². The normalized spacial score (nSPS) is 10.8. The second-order valence-electron chi connectivity index (χ2n) is 2.14. The van der Waals surface area contributed by atoms with Crippen molar-refractivity contribution < 1.29 is 4.74 Å². The Hall–Kier alpha value is -0.160. The number of rotatable bonds is 4. The van der Waals surface area contributed by atoms with Gasteiger partial charge in [-0.2, -0.15) is 0 Å². The van der Waals surface area contributed by atoms with Crippen molar-refractivity contribution in [2.75, 3.05) is 6.61 Å². The fourth-order valence-electron chi connectivity index (χ4n) is 0.732. The predicted octanol–water partition coefficient (Wildman–Crippen LogP) is 0.556. The summed E-state index contributed by atoms with van der Waals surface area (Å²) in [4.78, 5) is 0. The maximum atomic E-state index is 5.49. The van der Waals surface area contributed by atoms with Crippen molar-refractivity contribution in [1.29, 1.82) is 0 Å². The summed E-state index contributed by atoms with van der Waals surface area (Å²) < 4.78 is 5.03. The summed E-state index contributed by atoms with van der Waals surface area (Å²) in [5.74, 6) is -0.899. The fourth-order valence-corrected chi connectivity index (χ4v) is 0.732. The second-order valence-corrected chi connectivity index (χ2v) is 2.14. The average molecular weight is 149 g/mol. The van der Waals surface area contributed by atoms with E-state index in [4.69, 9.17) is 16.2 Å². The minimum atomic E-state index is -0.899. The van der Waals surface area contributed by atoms with E-state index in [-0.39, 0.29) is 6.15 Å². The van der Waals surface area contributed by atoms with Crippen LogP contribution in [0.2, 0.25) is 0 Å². The molecule has 0 aliphatic heterocycles. The van der Waals surface area contributed by atoms with Crippen LogP contribution in [0.25, 0.3) is 0 Å². The zero-order valence-electron chi connectivity index (χ0n) is 6.89. The molecule has 7 N–H and O–H groups in total. The Morgan fingerprint density at radius 2 is 1.80 bits per heavy atom. The van der Waals surface area contributed by atoms with Crippen molar-refractivity contribution in [3.63, 3.8) is 0 Å². The molecule has 0 spiro atoms. The van der Waals surface area contributed by atoms with E-state index < -0.39 is 5.85 Å². The van der Waals surface area contributed by atoms with Crippen LogP contribution in [0.4, 0.5) is 0 Å². The summed E-state index contributed by atoms with van der Waals surface area (Å²) >= 11 is 0. The lowest BCUT2D eigenvalue weighted by Gasteiger charge is -2.22. The molecule has 0 bridgehead atoms. The summed E-state index contributed by atoms with van der Waals surface area (Å²) in [5.41, 5.74) is 11.0. The van der Waals surface area contributed by atoms with Gasteiger partial charge in [-0.05, 0) is 6.92 Å². The first kappa shape index (κ1) is 12.5. The molecule has 0 unspecified atom stereocenters. The Balaban J connectivity index is 0. The van der Waals surface area contributed by atoms with Crippen molar-refractivity contribution in [2.45, 2.75) is 32.5 Å². The van der Waals surface area contributed by atoms with Gasteiger partial charge in [0.25, 0.3) is 0 Å². The Kier molecular flexibility index (Phi) is 7.02. The molecule has 0 saturated carbocycles. The van der Waals surface area contributed by atoms with Gasteiger partial charge in [0.15, 0.2) is 5.85 Å². The molecule has 0 radical (unpaired) electrons. The molecule has 0 aromatic rings. The molecule has 0 heterocycles. The minimum absolute atomic E-state index is 0. The van der Waals surface area contributed by atoms with Gasteiger partial charge in [0, 0.05) is 13.0 Å². The lowest BCUT2D eigenvalue weighted by molar-refractivity contribution is -0.0365. The molecule has 0 aliphatic rings. The first-order chi connectivity index (χ1) is 4.12. The molecule has 0 atom stereocenters. The van der Waals surface area contributed by atoms with Crippen molar-refractivity contribution in [3.05, 3.63) is 0 Å². The van der Waals surface area contributed by atoms with Crippen LogP contribution in [0.15, 0.2) is 0 Å². The zero-order chi connectivity index (χ0) is 7.33. The van der Waals surface area contributed by atoms with Gasteiger partial charge in [0.05, 0.1) is 0 Å². The van der Waals surface area contributed by atoms with Crippen LogP contribution in [-0.4, -0.2) is 12.5 Å². The first-order valence-electron chi connectivity index (χ1n) is 3.34. The van der Waals surface area contributed by atoms with E-state index in [2.05, 4.69) is 0 Å². The van der Waals surface area contributed by atoms with Gasteiger partial charge in [-0.15, -0.1) is 0 Å². The average Bonchev–Trinajstić information content (AvgIpc) is 1.64. The van der Waals surface area contributed by atoms with E-state index >= 15 is 0 Å². The Bertz CT molecular complexity index is 67.4. The highest BCUT2D eigenvalue weighted by Gasteiger charge is 2.15. The standard InChI is InChI=1S/C6H16N2O.H3N/c1-3-5-6(7,8)9-4-2;/h3-5,7-8H2,1-2H3;1H3. The molecule has 0 fully saturated rings. The molecule has 0 rings (SSSR count). The fraction of sp³-hybridized carbons (Fsp3) is 1.00. The van der Waals surface area contributed by atoms with Gasteiger partial charge >= 0.3 is 0 Å². The highest BCUT2D eigenvalue weighted by atomic mass is 16.5.